The molecule has 0 radical (unpaired) electrons. The van der Waals surface area contributed by atoms with E-state index in [2.05, 4.69) is 33.5 Å². The van der Waals surface area contributed by atoms with Gasteiger partial charge in [0.25, 0.3) is 0 Å². The lowest BCUT2D eigenvalue weighted by Crippen LogP contribution is -2.12. The van der Waals surface area contributed by atoms with Crippen molar-refractivity contribution < 1.29 is 4.79 Å². The standard InChI is InChI=1S/C20H16ClN3O/c21-13-5-7-14(8-6-13)23-20(25)10-9-15-11-17-16-3-1-2-4-18(16)24-19(17)12-22-15/h1-8,11-12,24H,9-10H2,(H,23,25). The van der Waals surface area contributed by atoms with Crippen molar-refractivity contribution >= 4 is 45.0 Å². The molecule has 0 saturated heterocycles. The highest BCUT2D eigenvalue weighted by Crippen LogP contribution is 2.25. The maximum Gasteiger partial charge on any atom is 0.224 e. The Labute approximate surface area is 149 Å². The van der Waals surface area contributed by atoms with Crippen molar-refractivity contribution in [3.8, 4) is 0 Å². The molecule has 124 valence electrons. The number of pyridine rings is 1. The summed E-state index contributed by atoms with van der Waals surface area (Å²) < 4.78 is 0. The lowest BCUT2D eigenvalue weighted by atomic mass is 10.1. The van der Waals surface area contributed by atoms with E-state index < -0.39 is 0 Å². The number of aromatic amines is 1. The minimum absolute atomic E-state index is 0.0388. The Morgan fingerprint density at radius 2 is 1.84 bits per heavy atom. The molecule has 5 heteroatoms. The highest BCUT2D eigenvalue weighted by atomic mass is 35.5. The van der Waals surface area contributed by atoms with E-state index in [9.17, 15) is 4.79 Å². The molecule has 0 atom stereocenters. The summed E-state index contributed by atoms with van der Waals surface area (Å²) in [6.07, 6.45) is 2.81. The summed E-state index contributed by atoms with van der Waals surface area (Å²) in [5.74, 6) is -0.0388. The average molecular weight is 350 g/mol. The maximum absolute atomic E-state index is 12.1. The molecule has 4 aromatic rings. The molecular weight excluding hydrogens is 334 g/mol. The smallest absolute Gasteiger partial charge is 0.224 e. The van der Waals surface area contributed by atoms with Gasteiger partial charge in [-0.25, -0.2) is 0 Å². The van der Waals surface area contributed by atoms with Crippen LogP contribution < -0.4 is 5.32 Å². The minimum Gasteiger partial charge on any atom is -0.353 e. The van der Waals surface area contributed by atoms with E-state index >= 15 is 0 Å². The van der Waals surface area contributed by atoms with Crippen molar-refractivity contribution in [3.63, 3.8) is 0 Å². The summed E-state index contributed by atoms with van der Waals surface area (Å²) in [7, 11) is 0. The van der Waals surface area contributed by atoms with Gasteiger partial charge in [0.05, 0.1) is 11.7 Å². The predicted molar refractivity (Wildman–Crippen MR) is 102 cm³/mol. The van der Waals surface area contributed by atoms with Crippen LogP contribution in [0, 0.1) is 0 Å². The summed E-state index contributed by atoms with van der Waals surface area (Å²) in [5.41, 5.74) is 3.76. The SMILES string of the molecule is O=C(CCc1cc2c(cn1)[nH]c1ccccc12)Nc1ccc(Cl)cc1. The number of nitrogens with one attached hydrogen (secondary N) is 2. The molecule has 0 bridgehead atoms. The van der Waals surface area contributed by atoms with Gasteiger partial charge in [-0.05, 0) is 42.8 Å². The van der Waals surface area contributed by atoms with E-state index in [1.807, 2.05) is 18.3 Å². The molecule has 2 N–H and O–H groups in total. The van der Waals surface area contributed by atoms with E-state index in [1.165, 1.54) is 5.39 Å². The first kappa shape index (κ1) is 15.7. The molecule has 25 heavy (non-hydrogen) atoms. The van der Waals surface area contributed by atoms with Crippen LogP contribution in [-0.4, -0.2) is 15.9 Å². The van der Waals surface area contributed by atoms with E-state index in [0.717, 1.165) is 27.8 Å². The number of H-pyrrole nitrogens is 1. The quantitative estimate of drug-likeness (QED) is 0.548. The third kappa shape index (κ3) is 3.35. The Balaban J connectivity index is 1.48. The number of aryl methyl sites for hydroxylation is 1. The van der Waals surface area contributed by atoms with Gasteiger partial charge in [-0.3, -0.25) is 9.78 Å². The van der Waals surface area contributed by atoms with E-state index in [4.69, 9.17) is 11.6 Å². The van der Waals surface area contributed by atoms with Crippen molar-refractivity contribution in [2.75, 3.05) is 5.32 Å². The number of anilines is 1. The third-order valence-corrected chi connectivity index (χ3v) is 4.44. The number of aromatic nitrogens is 2. The van der Waals surface area contributed by atoms with Gasteiger partial charge in [0.2, 0.25) is 5.91 Å². The summed E-state index contributed by atoms with van der Waals surface area (Å²) in [5, 5.41) is 5.83. The number of benzene rings is 2. The molecule has 0 fully saturated rings. The van der Waals surface area contributed by atoms with Crippen LogP contribution in [0.4, 0.5) is 5.69 Å². The number of halogens is 1. The Morgan fingerprint density at radius 1 is 1.04 bits per heavy atom. The van der Waals surface area contributed by atoms with Gasteiger partial charge in [0.1, 0.15) is 0 Å². The largest absolute Gasteiger partial charge is 0.353 e. The molecule has 0 spiro atoms. The van der Waals surface area contributed by atoms with Crippen molar-refractivity contribution in [2.24, 2.45) is 0 Å². The molecule has 4 rings (SSSR count). The molecule has 4 nitrogen and oxygen atoms in total. The van der Waals surface area contributed by atoms with Gasteiger partial charge < -0.3 is 10.3 Å². The molecule has 0 saturated carbocycles. The molecule has 0 unspecified atom stereocenters. The number of hydrogen-bond acceptors (Lipinski definition) is 2. The van der Waals surface area contributed by atoms with Crippen LogP contribution in [0.15, 0.2) is 60.8 Å². The second kappa shape index (κ2) is 6.57. The summed E-state index contributed by atoms with van der Waals surface area (Å²) in [6.45, 7) is 0. The van der Waals surface area contributed by atoms with Crippen molar-refractivity contribution in [2.45, 2.75) is 12.8 Å². The molecular formula is C20H16ClN3O. The van der Waals surface area contributed by atoms with Gasteiger partial charge in [0.15, 0.2) is 0 Å². The van der Waals surface area contributed by atoms with Crippen LogP contribution in [0.5, 0.6) is 0 Å². The zero-order valence-electron chi connectivity index (χ0n) is 13.4. The topological polar surface area (TPSA) is 57.8 Å². The van der Waals surface area contributed by atoms with Crippen LogP contribution in [-0.2, 0) is 11.2 Å². The van der Waals surface area contributed by atoms with Gasteiger partial charge in [0, 0.05) is 39.1 Å². The van der Waals surface area contributed by atoms with Crippen LogP contribution in [0.25, 0.3) is 21.8 Å². The van der Waals surface area contributed by atoms with Gasteiger partial charge in [-0.1, -0.05) is 29.8 Å². The van der Waals surface area contributed by atoms with Crippen molar-refractivity contribution in [3.05, 3.63) is 71.5 Å². The second-order valence-corrected chi connectivity index (χ2v) is 6.38. The lowest BCUT2D eigenvalue weighted by Gasteiger charge is -2.05. The van der Waals surface area contributed by atoms with E-state index in [-0.39, 0.29) is 5.91 Å². The van der Waals surface area contributed by atoms with Gasteiger partial charge >= 0.3 is 0 Å². The molecule has 0 aliphatic carbocycles. The number of fused-ring (bicyclic) bond motifs is 3. The van der Waals surface area contributed by atoms with Crippen molar-refractivity contribution in [1.29, 1.82) is 0 Å². The molecule has 2 aromatic carbocycles. The summed E-state index contributed by atoms with van der Waals surface area (Å²) in [4.78, 5) is 19.9. The molecule has 2 aromatic heterocycles. The number of nitrogens with zero attached hydrogens (tertiary/aromatic N) is 1. The fraction of sp³-hybridized carbons (Fsp3) is 0.100. The highest BCUT2D eigenvalue weighted by Gasteiger charge is 2.08. The number of hydrogen-bond donors (Lipinski definition) is 2. The first-order valence-electron chi connectivity index (χ1n) is 8.10. The number of carbonyl (C=O) groups is 1. The van der Waals surface area contributed by atoms with Crippen molar-refractivity contribution in [1.82, 2.24) is 9.97 Å². The van der Waals surface area contributed by atoms with Crippen LogP contribution >= 0.6 is 11.6 Å². The molecule has 1 amide bonds. The zero-order valence-corrected chi connectivity index (χ0v) is 14.2. The molecule has 0 aliphatic rings. The first-order valence-corrected chi connectivity index (χ1v) is 8.47. The number of rotatable bonds is 4. The van der Waals surface area contributed by atoms with Gasteiger partial charge in [-0.2, -0.15) is 0 Å². The fourth-order valence-corrected chi connectivity index (χ4v) is 3.05. The minimum atomic E-state index is -0.0388. The summed E-state index contributed by atoms with van der Waals surface area (Å²) in [6, 6.07) is 17.3. The third-order valence-electron chi connectivity index (χ3n) is 4.18. The van der Waals surface area contributed by atoms with Crippen LogP contribution in [0.2, 0.25) is 5.02 Å². The number of carbonyl (C=O) groups excluding carboxylic acids is 1. The Bertz CT molecular complexity index is 1050. The normalized spacial score (nSPS) is 11.1. The maximum atomic E-state index is 12.1. The fourth-order valence-electron chi connectivity index (χ4n) is 2.93. The average Bonchev–Trinajstić information content (AvgIpc) is 3.00. The second-order valence-electron chi connectivity index (χ2n) is 5.95. The molecule has 2 heterocycles. The number of amides is 1. The monoisotopic (exact) mass is 349 g/mol. The van der Waals surface area contributed by atoms with Gasteiger partial charge in [-0.15, -0.1) is 0 Å². The van der Waals surface area contributed by atoms with Crippen LogP contribution in [0.3, 0.4) is 0 Å². The lowest BCUT2D eigenvalue weighted by molar-refractivity contribution is -0.116. The van der Waals surface area contributed by atoms with E-state index in [1.54, 1.807) is 24.3 Å². The molecule has 0 aliphatic heterocycles. The van der Waals surface area contributed by atoms with E-state index in [0.29, 0.717) is 17.9 Å². The van der Waals surface area contributed by atoms with Crippen LogP contribution in [0.1, 0.15) is 12.1 Å². The summed E-state index contributed by atoms with van der Waals surface area (Å²) >= 11 is 5.85. The number of para-hydroxylation sites is 1. The highest BCUT2D eigenvalue weighted by molar-refractivity contribution is 6.30. The predicted octanol–water partition coefficient (Wildman–Crippen LogP) is 4.94. The first-order chi connectivity index (χ1) is 12.2. The Kier molecular flexibility index (Phi) is 4.12. The zero-order chi connectivity index (χ0) is 17.2. The Hall–Kier alpha value is -2.85. The Morgan fingerprint density at radius 3 is 2.68 bits per heavy atom.